The van der Waals surface area contributed by atoms with E-state index in [1.54, 1.807) is 54.6 Å². The SMILES string of the molecule is COc1ccccc1N(CC(O)C[NH+]1CCOCC1)S(=O)(=O)c1ccccc1. The minimum Gasteiger partial charge on any atom is -0.495 e. The predicted octanol–water partition coefficient (Wildman–Crippen LogP) is 0.167. The number of benzene rings is 2. The molecule has 1 aliphatic rings. The standard InChI is InChI=1S/C20H26N2O5S/c1-26-20-10-6-5-9-19(20)22(28(24,25)18-7-3-2-4-8-18)16-17(23)15-21-11-13-27-14-12-21/h2-10,17,23H,11-16H2,1H3/p+1. The molecule has 7 nitrogen and oxygen atoms in total. The zero-order chi connectivity index (χ0) is 20.0. The summed E-state index contributed by atoms with van der Waals surface area (Å²) in [6.07, 6.45) is -0.823. The molecule has 2 aromatic rings. The van der Waals surface area contributed by atoms with Crippen LogP contribution in [0, 0.1) is 0 Å². The second kappa shape index (κ2) is 9.38. The number of para-hydroxylation sites is 2. The van der Waals surface area contributed by atoms with E-state index >= 15 is 0 Å². The number of sulfonamides is 1. The average Bonchev–Trinajstić information content (AvgIpc) is 2.73. The molecule has 2 aromatic carbocycles. The van der Waals surface area contributed by atoms with E-state index in [-0.39, 0.29) is 11.4 Å². The van der Waals surface area contributed by atoms with E-state index in [0.717, 1.165) is 13.1 Å². The number of anilines is 1. The van der Waals surface area contributed by atoms with Crippen LogP contribution >= 0.6 is 0 Å². The van der Waals surface area contributed by atoms with Crippen LogP contribution in [0.15, 0.2) is 59.5 Å². The number of aliphatic hydroxyl groups is 1. The van der Waals surface area contributed by atoms with Crippen molar-refractivity contribution in [2.24, 2.45) is 0 Å². The van der Waals surface area contributed by atoms with Gasteiger partial charge in [-0.15, -0.1) is 0 Å². The number of ether oxygens (including phenoxy) is 2. The molecule has 0 aromatic heterocycles. The van der Waals surface area contributed by atoms with Gasteiger partial charge in [0, 0.05) is 0 Å². The Morgan fingerprint density at radius 3 is 2.43 bits per heavy atom. The van der Waals surface area contributed by atoms with Gasteiger partial charge in [0.2, 0.25) is 0 Å². The summed E-state index contributed by atoms with van der Waals surface area (Å²) in [5.74, 6) is 0.438. The largest absolute Gasteiger partial charge is 0.495 e. The smallest absolute Gasteiger partial charge is 0.264 e. The molecular weight excluding hydrogens is 380 g/mol. The Labute approximate surface area is 166 Å². The number of nitrogens with zero attached hydrogens (tertiary/aromatic N) is 1. The topological polar surface area (TPSA) is 80.5 Å². The van der Waals surface area contributed by atoms with Crippen molar-refractivity contribution in [3.8, 4) is 5.75 Å². The molecule has 1 heterocycles. The van der Waals surface area contributed by atoms with Gasteiger partial charge in [0.25, 0.3) is 10.0 Å². The second-order valence-electron chi connectivity index (χ2n) is 6.74. The third kappa shape index (κ3) is 4.82. The van der Waals surface area contributed by atoms with E-state index in [2.05, 4.69) is 0 Å². The van der Waals surface area contributed by atoms with Crippen molar-refractivity contribution in [2.45, 2.75) is 11.0 Å². The summed E-state index contributed by atoms with van der Waals surface area (Å²) in [6.45, 7) is 3.32. The predicted molar refractivity (Wildman–Crippen MR) is 106 cm³/mol. The number of morpholine rings is 1. The van der Waals surface area contributed by atoms with E-state index in [0.29, 0.717) is 31.2 Å². The van der Waals surface area contributed by atoms with Crippen LogP contribution in [0.5, 0.6) is 5.75 Å². The lowest BCUT2D eigenvalue weighted by molar-refractivity contribution is -0.910. The number of nitrogens with one attached hydrogen (secondary N) is 1. The van der Waals surface area contributed by atoms with Gasteiger partial charge in [0.15, 0.2) is 0 Å². The highest BCUT2D eigenvalue weighted by Crippen LogP contribution is 2.32. The van der Waals surface area contributed by atoms with Gasteiger partial charge in [0.05, 0.1) is 37.5 Å². The first-order valence-electron chi connectivity index (χ1n) is 9.32. The normalized spacial score (nSPS) is 16.5. The summed E-state index contributed by atoms with van der Waals surface area (Å²) in [6, 6.07) is 15.2. The van der Waals surface area contributed by atoms with Crippen LogP contribution in [-0.4, -0.2) is 66.1 Å². The van der Waals surface area contributed by atoms with Crippen LogP contribution in [0.2, 0.25) is 0 Å². The quantitative estimate of drug-likeness (QED) is 0.652. The number of hydrogen-bond donors (Lipinski definition) is 2. The van der Waals surface area contributed by atoms with Crippen molar-refractivity contribution in [2.75, 3.05) is 50.8 Å². The Bertz CT molecular complexity index is 854. The zero-order valence-corrected chi connectivity index (χ0v) is 16.8. The third-order valence-corrected chi connectivity index (χ3v) is 6.58. The lowest BCUT2D eigenvalue weighted by Gasteiger charge is -2.30. The van der Waals surface area contributed by atoms with Crippen LogP contribution in [0.3, 0.4) is 0 Å². The Hall–Kier alpha value is -2.13. The van der Waals surface area contributed by atoms with Gasteiger partial charge in [-0.2, -0.15) is 0 Å². The molecular formula is C20H27N2O5S+. The Morgan fingerprint density at radius 2 is 1.75 bits per heavy atom. The number of aliphatic hydroxyl groups excluding tert-OH is 1. The van der Waals surface area contributed by atoms with E-state index in [1.165, 1.54) is 16.3 Å². The molecule has 2 N–H and O–H groups in total. The average molecular weight is 408 g/mol. The fourth-order valence-corrected chi connectivity index (χ4v) is 4.87. The Kier molecular flexibility index (Phi) is 6.90. The van der Waals surface area contributed by atoms with Gasteiger partial charge in [-0.25, -0.2) is 8.42 Å². The van der Waals surface area contributed by atoms with E-state index in [1.807, 2.05) is 0 Å². The number of quaternary nitrogens is 1. The summed E-state index contributed by atoms with van der Waals surface area (Å²) in [4.78, 5) is 1.38. The molecule has 0 spiro atoms. The first-order valence-corrected chi connectivity index (χ1v) is 10.8. The van der Waals surface area contributed by atoms with Gasteiger partial charge in [-0.1, -0.05) is 30.3 Å². The van der Waals surface area contributed by atoms with Crippen molar-refractivity contribution < 1.29 is 27.9 Å². The third-order valence-electron chi connectivity index (χ3n) is 4.79. The number of hydrogen-bond acceptors (Lipinski definition) is 5. The summed E-state index contributed by atoms with van der Waals surface area (Å²) < 4.78 is 38.7. The van der Waals surface area contributed by atoms with E-state index in [4.69, 9.17) is 9.47 Å². The number of methoxy groups -OCH3 is 1. The highest BCUT2D eigenvalue weighted by atomic mass is 32.2. The molecule has 0 radical (unpaired) electrons. The van der Waals surface area contributed by atoms with Crippen molar-refractivity contribution in [3.63, 3.8) is 0 Å². The van der Waals surface area contributed by atoms with Crippen molar-refractivity contribution >= 4 is 15.7 Å². The molecule has 0 saturated carbocycles. The van der Waals surface area contributed by atoms with E-state index in [9.17, 15) is 13.5 Å². The lowest BCUT2D eigenvalue weighted by atomic mass is 10.2. The van der Waals surface area contributed by atoms with Crippen molar-refractivity contribution in [1.29, 1.82) is 0 Å². The Morgan fingerprint density at radius 1 is 1.11 bits per heavy atom. The van der Waals surface area contributed by atoms with Crippen LogP contribution in [-0.2, 0) is 14.8 Å². The van der Waals surface area contributed by atoms with Crippen molar-refractivity contribution in [1.82, 2.24) is 0 Å². The van der Waals surface area contributed by atoms with Gasteiger partial charge < -0.3 is 19.5 Å². The zero-order valence-electron chi connectivity index (χ0n) is 16.0. The Balaban J connectivity index is 1.90. The molecule has 0 aliphatic carbocycles. The summed E-state index contributed by atoms with van der Waals surface area (Å²) in [5.41, 5.74) is 0.407. The maximum atomic E-state index is 13.4. The van der Waals surface area contributed by atoms with Gasteiger partial charge in [-0.3, -0.25) is 4.31 Å². The minimum absolute atomic E-state index is 0.0536. The van der Waals surface area contributed by atoms with E-state index < -0.39 is 16.1 Å². The van der Waals surface area contributed by atoms with Gasteiger partial charge in [-0.05, 0) is 24.3 Å². The molecule has 1 aliphatic heterocycles. The molecule has 0 amide bonds. The molecule has 0 bridgehead atoms. The van der Waals surface area contributed by atoms with Crippen LogP contribution < -0.4 is 13.9 Å². The van der Waals surface area contributed by atoms with Gasteiger partial charge >= 0.3 is 0 Å². The highest BCUT2D eigenvalue weighted by Gasteiger charge is 2.30. The summed E-state index contributed by atoms with van der Waals surface area (Å²) in [5, 5.41) is 10.7. The molecule has 1 atom stereocenters. The molecule has 8 heteroatoms. The summed E-state index contributed by atoms with van der Waals surface area (Å²) >= 11 is 0. The van der Waals surface area contributed by atoms with Crippen LogP contribution in [0.1, 0.15) is 0 Å². The van der Waals surface area contributed by atoms with Gasteiger partial charge in [0.1, 0.15) is 31.5 Å². The minimum atomic E-state index is -3.86. The number of rotatable bonds is 8. The molecule has 1 saturated heterocycles. The molecule has 1 unspecified atom stereocenters. The maximum Gasteiger partial charge on any atom is 0.264 e. The maximum absolute atomic E-state index is 13.4. The van der Waals surface area contributed by atoms with Crippen LogP contribution in [0.25, 0.3) is 0 Å². The molecule has 152 valence electrons. The summed E-state index contributed by atoms with van der Waals surface area (Å²) in [7, 11) is -2.36. The first kappa shape index (κ1) is 20.6. The van der Waals surface area contributed by atoms with Crippen LogP contribution in [0.4, 0.5) is 5.69 Å². The molecule has 3 rings (SSSR count). The molecule has 1 fully saturated rings. The highest BCUT2D eigenvalue weighted by molar-refractivity contribution is 7.92. The fraction of sp³-hybridized carbons (Fsp3) is 0.400. The molecule has 28 heavy (non-hydrogen) atoms. The monoisotopic (exact) mass is 407 g/mol. The van der Waals surface area contributed by atoms with Crippen molar-refractivity contribution in [3.05, 3.63) is 54.6 Å². The second-order valence-corrected chi connectivity index (χ2v) is 8.60. The lowest BCUT2D eigenvalue weighted by Crippen LogP contribution is -3.15. The first-order chi connectivity index (χ1) is 13.5. The fourth-order valence-electron chi connectivity index (χ4n) is 3.33.